The number of nitrogens with zero attached hydrogens (tertiary/aromatic N) is 2. The summed E-state index contributed by atoms with van der Waals surface area (Å²) in [6.07, 6.45) is 5.45. The highest BCUT2D eigenvalue weighted by molar-refractivity contribution is 5.51. The minimum Gasteiger partial charge on any atom is -0.392 e. The van der Waals surface area contributed by atoms with Crippen LogP contribution >= 0.6 is 0 Å². The average molecular weight is 188 g/mol. The number of fused-ring (bicyclic) bond motifs is 3. The van der Waals surface area contributed by atoms with Gasteiger partial charge in [0.15, 0.2) is 0 Å². The fourth-order valence-electron chi connectivity index (χ4n) is 2.23. The number of hydrogen-bond acceptors (Lipinski definition) is 2. The molecule has 0 atom stereocenters. The van der Waals surface area contributed by atoms with Crippen LogP contribution in [0.2, 0.25) is 0 Å². The van der Waals surface area contributed by atoms with Crippen LogP contribution in [0.4, 0.5) is 0 Å². The molecule has 0 spiro atoms. The fourth-order valence-corrected chi connectivity index (χ4v) is 2.23. The lowest BCUT2D eigenvalue weighted by molar-refractivity contribution is 0.282. The topological polar surface area (TPSA) is 37.5 Å². The van der Waals surface area contributed by atoms with Crippen LogP contribution in [0.15, 0.2) is 18.3 Å². The summed E-state index contributed by atoms with van der Waals surface area (Å²) >= 11 is 0. The largest absolute Gasteiger partial charge is 0.392 e. The normalized spacial score (nSPS) is 14.9. The first-order chi connectivity index (χ1) is 6.90. The van der Waals surface area contributed by atoms with Crippen molar-refractivity contribution in [3.8, 4) is 0 Å². The van der Waals surface area contributed by atoms with Crippen LogP contribution < -0.4 is 0 Å². The van der Waals surface area contributed by atoms with E-state index in [0.717, 1.165) is 24.1 Å². The van der Waals surface area contributed by atoms with Crippen LogP contribution in [0.25, 0.3) is 5.65 Å². The van der Waals surface area contributed by atoms with Crippen molar-refractivity contribution in [3.05, 3.63) is 35.3 Å². The van der Waals surface area contributed by atoms with Crippen molar-refractivity contribution in [2.75, 3.05) is 0 Å². The molecule has 1 N–H and O–H groups in total. The highest BCUT2D eigenvalue weighted by Gasteiger charge is 2.18. The number of aliphatic hydroxyl groups is 1. The van der Waals surface area contributed by atoms with Gasteiger partial charge in [0.2, 0.25) is 0 Å². The minimum absolute atomic E-state index is 0.0697. The van der Waals surface area contributed by atoms with Gasteiger partial charge in [-0.2, -0.15) is 0 Å². The third kappa shape index (κ3) is 0.930. The summed E-state index contributed by atoms with van der Waals surface area (Å²) in [4.78, 5) is 4.57. The first-order valence-corrected chi connectivity index (χ1v) is 4.98. The van der Waals surface area contributed by atoms with Crippen molar-refractivity contribution in [1.82, 2.24) is 9.38 Å². The molecule has 3 heteroatoms. The van der Waals surface area contributed by atoms with Crippen LogP contribution in [-0.2, 0) is 19.4 Å². The SMILES string of the molecule is OCc1cccn2c3c(nc12)CCC3. The fraction of sp³-hybridized carbons (Fsp3) is 0.364. The molecule has 0 saturated heterocycles. The van der Waals surface area contributed by atoms with Gasteiger partial charge in [0.05, 0.1) is 12.3 Å². The number of aliphatic hydroxyl groups excluding tert-OH is 1. The van der Waals surface area contributed by atoms with E-state index < -0.39 is 0 Å². The van der Waals surface area contributed by atoms with Gasteiger partial charge in [-0.3, -0.25) is 0 Å². The monoisotopic (exact) mass is 188 g/mol. The molecule has 72 valence electrons. The predicted octanol–water partition coefficient (Wildman–Crippen LogP) is 1.32. The second kappa shape index (κ2) is 2.82. The summed E-state index contributed by atoms with van der Waals surface area (Å²) in [6.45, 7) is 0.0697. The number of pyridine rings is 1. The molecule has 0 radical (unpaired) electrons. The van der Waals surface area contributed by atoms with Gasteiger partial charge in [-0.1, -0.05) is 6.07 Å². The van der Waals surface area contributed by atoms with Gasteiger partial charge in [0.1, 0.15) is 5.65 Å². The van der Waals surface area contributed by atoms with Crippen molar-refractivity contribution in [2.45, 2.75) is 25.9 Å². The minimum atomic E-state index is 0.0697. The zero-order valence-corrected chi connectivity index (χ0v) is 7.90. The summed E-state index contributed by atoms with van der Waals surface area (Å²) in [5.41, 5.74) is 4.39. The van der Waals surface area contributed by atoms with E-state index in [0.29, 0.717) is 0 Å². The Labute approximate surface area is 82.0 Å². The van der Waals surface area contributed by atoms with Gasteiger partial charge in [-0.05, 0) is 25.3 Å². The highest BCUT2D eigenvalue weighted by Crippen LogP contribution is 2.24. The van der Waals surface area contributed by atoms with Crippen molar-refractivity contribution in [1.29, 1.82) is 0 Å². The van der Waals surface area contributed by atoms with E-state index in [1.54, 1.807) is 0 Å². The molecular weight excluding hydrogens is 176 g/mol. The zero-order valence-electron chi connectivity index (χ0n) is 7.90. The molecule has 3 rings (SSSR count). The van der Waals surface area contributed by atoms with Gasteiger partial charge < -0.3 is 9.51 Å². The molecule has 0 aromatic carbocycles. The molecule has 3 nitrogen and oxygen atoms in total. The van der Waals surface area contributed by atoms with E-state index in [9.17, 15) is 5.11 Å². The molecule has 14 heavy (non-hydrogen) atoms. The maximum absolute atomic E-state index is 9.17. The van der Waals surface area contributed by atoms with Gasteiger partial charge >= 0.3 is 0 Å². The van der Waals surface area contributed by atoms with E-state index in [1.165, 1.54) is 17.8 Å². The molecule has 1 aliphatic carbocycles. The summed E-state index contributed by atoms with van der Waals surface area (Å²) in [7, 11) is 0. The van der Waals surface area contributed by atoms with Crippen LogP contribution in [-0.4, -0.2) is 14.5 Å². The van der Waals surface area contributed by atoms with Crippen LogP contribution in [0.1, 0.15) is 23.4 Å². The van der Waals surface area contributed by atoms with Gasteiger partial charge in [-0.25, -0.2) is 4.98 Å². The third-order valence-electron chi connectivity index (χ3n) is 2.91. The molecule has 0 unspecified atom stereocenters. The predicted molar refractivity (Wildman–Crippen MR) is 53.1 cm³/mol. The Morgan fingerprint density at radius 1 is 1.43 bits per heavy atom. The standard InChI is InChI=1S/C11H12N2O/c14-7-8-3-2-6-13-10-5-1-4-9(10)12-11(8)13/h2-3,6,14H,1,4-5,7H2. The number of hydrogen-bond donors (Lipinski definition) is 1. The molecule has 0 aliphatic heterocycles. The summed E-state index contributed by atoms with van der Waals surface area (Å²) in [5, 5.41) is 9.17. The highest BCUT2D eigenvalue weighted by atomic mass is 16.3. The molecule has 0 bridgehead atoms. The Morgan fingerprint density at radius 2 is 2.36 bits per heavy atom. The lowest BCUT2D eigenvalue weighted by atomic mass is 10.3. The maximum atomic E-state index is 9.17. The molecule has 1 aliphatic rings. The molecule has 0 fully saturated rings. The Bertz CT molecular complexity index is 487. The molecule has 2 aromatic rings. The molecule has 2 heterocycles. The Hall–Kier alpha value is -1.35. The quantitative estimate of drug-likeness (QED) is 0.732. The van der Waals surface area contributed by atoms with Crippen LogP contribution in [0, 0.1) is 0 Å². The summed E-state index contributed by atoms with van der Waals surface area (Å²) < 4.78 is 2.12. The van der Waals surface area contributed by atoms with E-state index in [1.807, 2.05) is 18.3 Å². The van der Waals surface area contributed by atoms with Crippen molar-refractivity contribution in [2.24, 2.45) is 0 Å². The van der Waals surface area contributed by atoms with E-state index in [4.69, 9.17) is 0 Å². The molecule has 0 saturated carbocycles. The number of aromatic nitrogens is 2. The van der Waals surface area contributed by atoms with Crippen molar-refractivity contribution in [3.63, 3.8) is 0 Å². The number of aryl methyl sites for hydroxylation is 2. The van der Waals surface area contributed by atoms with E-state index >= 15 is 0 Å². The summed E-state index contributed by atoms with van der Waals surface area (Å²) in [5.74, 6) is 0. The lowest BCUT2D eigenvalue weighted by Crippen LogP contribution is -1.94. The smallest absolute Gasteiger partial charge is 0.142 e. The number of imidazole rings is 1. The third-order valence-corrected chi connectivity index (χ3v) is 2.91. The molecular formula is C11H12N2O. The van der Waals surface area contributed by atoms with Crippen LogP contribution in [0.3, 0.4) is 0 Å². The van der Waals surface area contributed by atoms with Gasteiger partial charge in [0, 0.05) is 17.5 Å². The van der Waals surface area contributed by atoms with E-state index in [-0.39, 0.29) is 6.61 Å². The Balaban J connectivity index is 2.36. The molecule has 2 aromatic heterocycles. The lowest BCUT2D eigenvalue weighted by Gasteiger charge is -2.01. The Kier molecular flexibility index (Phi) is 1.61. The first-order valence-electron chi connectivity index (χ1n) is 4.98. The second-order valence-electron chi connectivity index (χ2n) is 3.74. The Morgan fingerprint density at radius 3 is 3.21 bits per heavy atom. The van der Waals surface area contributed by atoms with Crippen LogP contribution in [0.5, 0.6) is 0 Å². The van der Waals surface area contributed by atoms with Crippen molar-refractivity contribution < 1.29 is 5.11 Å². The van der Waals surface area contributed by atoms with Gasteiger partial charge in [0.25, 0.3) is 0 Å². The van der Waals surface area contributed by atoms with Crippen molar-refractivity contribution >= 4 is 5.65 Å². The second-order valence-corrected chi connectivity index (χ2v) is 3.74. The maximum Gasteiger partial charge on any atom is 0.142 e. The molecule has 0 amide bonds. The van der Waals surface area contributed by atoms with E-state index in [2.05, 4.69) is 9.38 Å². The number of rotatable bonds is 1. The summed E-state index contributed by atoms with van der Waals surface area (Å²) in [6, 6.07) is 3.90. The zero-order chi connectivity index (χ0) is 9.54. The first kappa shape index (κ1) is 8.00. The average Bonchev–Trinajstić information content (AvgIpc) is 2.76. The van der Waals surface area contributed by atoms with Gasteiger partial charge in [-0.15, -0.1) is 0 Å².